The maximum absolute atomic E-state index is 12.2. The van der Waals surface area contributed by atoms with E-state index in [1.807, 2.05) is 6.92 Å². The molecule has 8 heteroatoms. The largest absolute Gasteiger partial charge is 0.383 e. The summed E-state index contributed by atoms with van der Waals surface area (Å²) >= 11 is 0. The minimum Gasteiger partial charge on any atom is -0.383 e. The first-order valence-corrected chi connectivity index (χ1v) is 7.73. The van der Waals surface area contributed by atoms with Gasteiger partial charge < -0.3 is 5.73 Å². The maximum Gasteiger partial charge on any atom is 0.246 e. The van der Waals surface area contributed by atoms with Crippen molar-refractivity contribution in [1.29, 1.82) is 0 Å². The molecule has 0 aliphatic heterocycles. The van der Waals surface area contributed by atoms with Gasteiger partial charge in [0.2, 0.25) is 10.0 Å². The Balaban J connectivity index is 2.14. The fraction of sp³-hybridized carbons (Fsp3) is 0.333. The first kappa shape index (κ1) is 14.5. The van der Waals surface area contributed by atoms with E-state index in [0.717, 1.165) is 6.42 Å². The molecule has 0 aliphatic carbocycles. The highest BCUT2D eigenvalue weighted by Crippen LogP contribution is 2.17. The summed E-state index contributed by atoms with van der Waals surface area (Å²) in [6.07, 6.45) is 3.70. The van der Waals surface area contributed by atoms with Crippen molar-refractivity contribution in [1.82, 2.24) is 19.5 Å². The average Bonchev–Trinajstić information content (AvgIpc) is 2.81. The van der Waals surface area contributed by atoms with Crippen LogP contribution in [-0.2, 0) is 23.1 Å². The quantitative estimate of drug-likeness (QED) is 0.818. The molecule has 0 atom stereocenters. The predicted octanol–water partition coefficient (Wildman–Crippen LogP) is 0.749. The number of aryl methyl sites for hydroxylation is 1. The van der Waals surface area contributed by atoms with Crippen molar-refractivity contribution in [2.45, 2.75) is 31.3 Å². The third-order valence-corrected chi connectivity index (χ3v) is 4.16. The molecule has 0 bridgehead atoms. The van der Waals surface area contributed by atoms with E-state index in [9.17, 15) is 8.42 Å². The molecular weight excluding hydrogens is 278 g/mol. The second-order valence-corrected chi connectivity index (χ2v) is 6.00. The zero-order chi connectivity index (χ0) is 14.6. The van der Waals surface area contributed by atoms with Crippen LogP contribution in [0.2, 0.25) is 0 Å². The summed E-state index contributed by atoms with van der Waals surface area (Å²) in [5.41, 5.74) is 6.44. The second-order valence-electron chi connectivity index (χ2n) is 4.26. The molecule has 20 heavy (non-hydrogen) atoms. The molecule has 0 unspecified atom stereocenters. The number of nitrogens with zero attached hydrogens (tertiary/aromatic N) is 3. The van der Waals surface area contributed by atoms with Crippen LogP contribution in [0.4, 0.5) is 5.82 Å². The summed E-state index contributed by atoms with van der Waals surface area (Å²) in [5.74, 6) is 0.153. The number of nitrogen functional groups attached to an aromatic ring is 1. The highest BCUT2D eigenvalue weighted by atomic mass is 32.2. The highest BCUT2D eigenvalue weighted by molar-refractivity contribution is 7.89. The van der Waals surface area contributed by atoms with Gasteiger partial charge in [-0.2, -0.15) is 5.10 Å². The molecule has 2 rings (SSSR count). The molecule has 0 aliphatic rings. The third kappa shape index (κ3) is 3.14. The van der Waals surface area contributed by atoms with E-state index in [-0.39, 0.29) is 17.3 Å². The van der Waals surface area contributed by atoms with E-state index in [0.29, 0.717) is 12.2 Å². The molecule has 0 amide bonds. The van der Waals surface area contributed by atoms with Crippen molar-refractivity contribution in [3.05, 3.63) is 36.3 Å². The minimum absolute atomic E-state index is 0.00174. The van der Waals surface area contributed by atoms with Gasteiger partial charge in [0.05, 0.1) is 18.4 Å². The Labute approximate surface area is 117 Å². The van der Waals surface area contributed by atoms with Crippen LogP contribution in [0.1, 0.15) is 19.0 Å². The number of anilines is 1. The van der Waals surface area contributed by atoms with Crippen molar-refractivity contribution in [3.8, 4) is 0 Å². The summed E-state index contributed by atoms with van der Waals surface area (Å²) < 4.78 is 28.3. The molecule has 0 spiro atoms. The monoisotopic (exact) mass is 295 g/mol. The molecule has 2 heterocycles. The van der Waals surface area contributed by atoms with E-state index >= 15 is 0 Å². The summed E-state index contributed by atoms with van der Waals surface area (Å²) in [6, 6.07) is 5.31. The van der Waals surface area contributed by atoms with Crippen LogP contribution in [0, 0.1) is 0 Å². The van der Waals surface area contributed by atoms with Gasteiger partial charge in [-0.25, -0.2) is 17.8 Å². The zero-order valence-electron chi connectivity index (χ0n) is 11.2. The lowest BCUT2D eigenvalue weighted by atomic mass is 10.4. The van der Waals surface area contributed by atoms with E-state index < -0.39 is 10.0 Å². The summed E-state index contributed by atoms with van der Waals surface area (Å²) in [5, 5.41) is 3.98. The second kappa shape index (κ2) is 6.02. The Morgan fingerprint density at radius 2 is 2.20 bits per heavy atom. The molecular formula is C12H17N5O2S. The fourth-order valence-electron chi connectivity index (χ4n) is 1.72. The Kier molecular flexibility index (Phi) is 4.35. The SMILES string of the molecule is CCCn1ncc(S(=O)(=O)NCc2ccccn2)c1N. The van der Waals surface area contributed by atoms with Crippen LogP contribution in [0.25, 0.3) is 0 Å². The lowest BCUT2D eigenvalue weighted by Gasteiger charge is -2.06. The van der Waals surface area contributed by atoms with Crippen molar-refractivity contribution in [2.75, 3.05) is 5.73 Å². The number of hydrogen-bond acceptors (Lipinski definition) is 5. The normalized spacial score (nSPS) is 11.7. The smallest absolute Gasteiger partial charge is 0.246 e. The zero-order valence-corrected chi connectivity index (χ0v) is 12.0. The topological polar surface area (TPSA) is 103 Å². The lowest BCUT2D eigenvalue weighted by molar-refractivity contribution is 0.580. The van der Waals surface area contributed by atoms with Gasteiger partial charge >= 0.3 is 0 Å². The Hall–Kier alpha value is -1.93. The van der Waals surface area contributed by atoms with Gasteiger partial charge in [-0.15, -0.1) is 0 Å². The van der Waals surface area contributed by atoms with Gasteiger partial charge in [0.1, 0.15) is 10.7 Å². The third-order valence-electron chi connectivity index (χ3n) is 2.74. The standard InChI is InChI=1S/C12H17N5O2S/c1-2-7-17-12(13)11(9-15-17)20(18,19)16-8-10-5-3-4-6-14-10/h3-6,9,16H,2,7-8,13H2,1H3. The number of rotatable bonds is 6. The van der Waals surface area contributed by atoms with Crippen LogP contribution in [0.15, 0.2) is 35.5 Å². The molecule has 3 N–H and O–H groups in total. The number of nitrogens with two attached hydrogens (primary N) is 1. The molecule has 7 nitrogen and oxygen atoms in total. The van der Waals surface area contributed by atoms with E-state index in [1.165, 1.54) is 10.9 Å². The van der Waals surface area contributed by atoms with Crippen LogP contribution >= 0.6 is 0 Å². The molecule has 2 aromatic rings. The Morgan fingerprint density at radius 3 is 2.85 bits per heavy atom. The average molecular weight is 295 g/mol. The first-order valence-electron chi connectivity index (χ1n) is 6.25. The molecule has 0 radical (unpaired) electrons. The molecule has 0 saturated heterocycles. The van der Waals surface area contributed by atoms with Gasteiger partial charge in [0.15, 0.2) is 0 Å². The lowest BCUT2D eigenvalue weighted by Crippen LogP contribution is -2.24. The van der Waals surface area contributed by atoms with E-state index in [1.54, 1.807) is 24.4 Å². The number of pyridine rings is 1. The minimum atomic E-state index is -3.68. The van der Waals surface area contributed by atoms with Crippen molar-refractivity contribution >= 4 is 15.8 Å². The van der Waals surface area contributed by atoms with E-state index in [2.05, 4.69) is 14.8 Å². The van der Waals surface area contributed by atoms with E-state index in [4.69, 9.17) is 5.73 Å². The molecule has 2 aromatic heterocycles. The molecule has 0 aromatic carbocycles. The molecule has 0 fully saturated rings. The Bertz CT molecular complexity index is 666. The maximum atomic E-state index is 12.2. The van der Waals surface area contributed by atoms with Gasteiger partial charge in [0.25, 0.3) is 0 Å². The van der Waals surface area contributed by atoms with Crippen LogP contribution in [0.3, 0.4) is 0 Å². The van der Waals surface area contributed by atoms with Gasteiger partial charge in [-0.1, -0.05) is 13.0 Å². The van der Waals surface area contributed by atoms with Gasteiger partial charge in [-0.3, -0.25) is 4.98 Å². The number of aromatic nitrogens is 3. The summed E-state index contributed by atoms with van der Waals surface area (Å²) in [6.45, 7) is 2.66. The van der Waals surface area contributed by atoms with Crippen LogP contribution in [-0.4, -0.2) is 23.2 Å². The Morgan fingerprint density at radius 1 is 1.40 bits per heavy atom. The van der Waals surface area contributed by atoms with Gasteiger partial charge in [0, 0.05) is 12.7 Å². The summed E-state index contributed by atoms with van der Waals surface area (Å²) in [4.78, 5) is 4.06. The summed E-state index contributed by atoms with van der Waals surface area (Å²) in [7, 11) is -3.68. The predicted molar refractivity (Wildman–Crippen MR) is 75.2 cm³/mol. The van der Waals surface area contributed by atoms with Crippen LogP contribution in [0.5, 0.6) is 0 Å². The van der Waals surface area contributed by atoms with Crippen molar-refractivity contribution in [3.63, 3.8) is 0 Å². The fourth-order valence-corrected chi connectivity index (χ4v) is 2.78. The first-order chi connectivity index (χ1) is 9.54. The molecule has 0 saturated carbocycles. The number of hydrogen-bond donors (Lipinski definition) is 2. The molecule has 108 valence electrons. The number of nitrogens with one attached hydrogen (secondary N) is 1. The van der Waals surface area contributed by atoms with Crippen molar-refractivity contribution < 1.29 is 8.42 Å². The van der Waals surface area contributed by atoms with Gasteiger partial charge in [-0.05, 0) is 18.6 Å². The highest BCUT2D eigenvalue weighted by Gasteiger charge is 2.21. The van der Waals surface area contributed by atoms with Crippen molar-refractivity contribution in [2.24, 2.45) is 0 Å². The van der Waals surface area contributed by atoms with Crippen LogP contribution < -0.4 is 10.5 Å². The number of sulfonamides is 1.